The van der Waals surface area contributed by atoms with Crippen LogP contribution in [0.5, 0.6) is 0 Å². The Kier molecular flexibility index (Phi) is 10.3. The lowest BCUT2D eigenvalue weighted by Gasteiger charge is -2.12. The molecule has 0 saturated carbocycles. The van der Waals surface area contributed by atoms with Gasteiger partial charge in [0.25, 0.3) is 0 Å². The molecule has 0 atom stereocenters. The molecular formula is C17H28O4. The van der Waals surface area contributed by atoms with Crippen LogP contribution < -0.4 is 0 Å². The second-order valence-corrected chi connectivity index (χ2v) is 5.16. The van der Waals surface area contributed by atoms with Gasteiger partial charge in [0.05, 0.1) is 12.2 Å². The molecule has 4 heteroatoms. The quantitative estimate of drug-likeness (QED) is 0.261. The Labute approximate surface area is 128 Å². The molecule has 21 heavy (non-hydrogen) atoms. The Bertz CT molecular complexity index is 394. The molecule has 4 nitrogen and oxygen atoms in total. The Morgan fingerprint density at radius 2 is 1.62 bits per heavy atom. The molecule has 0 amide bonds. The largest absolute Gasteiger partial charge is 0.462 e. The molecule has 0 aliphatic carbocycles. The van der Waals surface area contributed by atoms with E-state index in [0.29, 0.717) is 29.9 Å². The zero-order valence-corrected chi connectivity index (χ0v) is 13.8. The standard InChI is InChI=1S/C17H28O4/c1-6-8-9-10-11-15(21-16(18)13(3)4)14(5)17(19)20-12-7-2/h3,6-12H2,1-2,4-5H3. The number of carbonyl (C=O) groups is 2. The summed E-state index contributed by atoms with van der Waals surface area (Å²) in [7, 11) is 0. The minimum atomic E-state index is -0.497. The summed E-state index contributed by atoms with van der Waals surface area (Å²) in [5, 5.41) is 0. The second-order valence-electron chi connectivity index (χ2n) is 5.16. The predicted molar refractivity (Wildman–Crippen MR) is 83.6 cm³/mol. The van der Waals surface area contributed by atoms with Crippen molar-refractivity contribution in [2.24, 2.45) is 0 Å². The molecule has 0 unspecified atom stereocenters. The average Bonchev–Trinajstić information content (AvgIpc) is 2.46. The van der Waals surface area contributed by atoms with Crippen LogP contribution in [-0.4, -0.2) is 18.5 Å². The summed E-state index contributed by atoms with van der Waals surface area (Å²) >= 11 is 0. The van der Waals surface area contributed by atoms with Crippen LogP contribution in [0.4, 0.5) is 0 Å². The summed E-state index contributed by atoms with van der Waals surface area (Å²) in [6.45, 7) is 11.2. The van der Waals surface area contributed by atoms with Crippen LogP contribution in [0, 0.1) is 0 Å². The van der Waals surface area contributed by atoms with Gasteiger partial charge in [-0.15, -0.1) is 0 Å². The summed E-state index contributed by atoms with van der Waals surface area (Å²) in [5.41, 5.74) is 0.685. The van der Waals surface area contributed by atoms with Crippen molar-refractivity contribution < 1.29 is 19.1 Å². The predicted octanol–water partition coefficient (Wildman–Crippen LogP) is 4.30. The van der Waals surface area contributed by atoms with Crippen LogP contribution in [0.15, 0.2) is 23.5 Å². The highest BCUT2D eigenvalue weighted by Gasteiger charge is 2.17. The Morgan fingerprint density at radius 3 is 2.14 bits per heavy atom. The normalized spacial score (nSPS) is 11.6. The summed E-state index contributed by atoms with van der Waals surface area (Å²) < 4.78 is 10.4. The molecule has 120 valence electrons. The van der Waals surface area contributed by atoms with Crippen LogP contribution in [-0.2, 0) is 19.1 Å². The fraction of sp³-hybridized carbons (Fsp3) is 0.647. The summed E-state index contributed by atoms with van der Waals surface area (Å²) in [6.07, 6.45) is 5.50. The van der Waals surface area contributed by atoms with Crippen LogP contribution in [0.25, 0.3) is 0 Å². The van der Waals surface area contributed by atoms with Gasteiger partial charge in [-0.05, 0) is 26.7 Å². The molecule has 0 heterocycles. The van der Waals surface area contributed by atoms with Gasteiger partial charge in [0.1, 0.15) is 5.76 Å². The molecule has 0 aromatic rings. The van der Waals surface area contributed by atoms with Crippen LogP contribution in [0.3, 0.4) is 0 Å². The van der Waals surface area contributed by atoms with Gasteiger partial charge in [-0.1, -0.05) is 39.7 Å². The van der Waals surface area contributed by atoms with Crippen molar-refractivity contribution in [2.75, 3.05) is 6.61 Å². The fourth-order valence-electron chi connectivity index (χ4n) is 1.64. The van der Waals surface area contributed by atoms with Gasteiger partial charge >= 0.3 is 11.9 Å². The number of carbonyl (C=O) groups excluding carboxylic acids is 2. The molecule has 0 fully saturated rings. The van der Waals surface area contributed by atoms with E-state index in [9.17, 15) is 9.59 Å². The lowest BCUT2D eigenvalue weighted by atomic mass is 10.1. The molecule has 0 spiro atoms. The third kappa shape index (κ3) is 8.33. The maximum atomic E-state index is 11.9. The highest BCUT2D eigenvalue weighted by Crippen LogP contribution is 2.18. The van der Waals surface area contributed by atoms with Crippen molar-refractivity contribution in [3.8, 4) is 0 Å². The molecule has 0 aliphatic rings. The minimum Gasteiger partial charge on any atom is -0.462 e. The Morgan fingerprint density at radius 1 is 0.952 bits per heavy atom. The summed E-state index contributed by atoms with van der Waals surface area (Å²) in [6, 6.07) is 0. The number of hydrogen-bond acceptors (Lipinski definition) is 4. The van der Waals surface area contributed by atoms with Gasteiger partial charge in [0.15, 0.2) is 0 Å². The lowest BCUT2D eigenvalue weighted by Crippen LogP contribution is -2.13. The van der Waals surface area contributed by atoms with Crippen LogP contribution >= 0.6 is 0 Å². The van der Waals surface area contributed by atoms with Crippen molar-refractivity contribution in [3.05, 3.63) is 23.5 Å². The maximum Gasteiger partial charge on any atom is 0.338 e. The highest BCUT2D eigenvalue weighted by molar-refractivity contribution is 5.91. The lowest BCUT2D eigenvalue weighted by molar-refractivity contribution is -0.139. The highest BCUT2D eigenvalue weighted by atomic mass is 16.5. The van der Waals surface area contributed by atoms with Crippen molar-refractivity contribution >= 4 is 11.9 Å². The SMILES string of the molecule is C=C(C)C(=O)OC(CCCCCC)=C(C)C(=O)OCCC. The topological polar surface area (TPSA) is 52.6 Å². The summed E-state index contributed by atoms with van der Waals surface area (Å²) in [4.78, 5) is 23.6. The molecule has 0 saturated heterocycles. The van der Waals surface area contributed by atoms with Gasteiger partial charge in [-0.2, -0.15) is 0 Å². The molecular weight excluding hydrogens is 268 g/mol. The van der Waals surface area contributed by atoms with E-state index in [1.54, 1.807) is 13.8 Å². The van der Waals surface area contributed by atoms with Crippen LogP contribution in [0.1, 0.15) is 66.2 Å². The van der Waals surface area contributed by atoms with Gasteiger partial charge in [-0.25, -0.2) is 9.59 Å². The van der Waals surface area contributed by atoms with Gasteiger partial charge < -0.3 is 9.47 Å². The first kappa shape index (κ1) is 19.4. The first-order valence-corrected chi connectivity index (χ1v) is 7.68. The first-order chi connectivity index (χ1) is 9.93. The molecule has 0 N–H and O–H groups in total. The Hall–Kier alpha value is -1.58. The number of rotatable bonds is 10. The van der Waals surface area contributed by atoms with Crippen molar-refractivity contribution in [1.82, 2.24) is 0 Å². The molecule has 0 bridgehead atoms. The van der Waals surface area contributed by atoms with Crippen molar-refractivity contribution in [2.45, 2.75) is 66.2 Å². The van der Waals surface area contributed by atoms with E-state index in [4.69, 9.17) is 9.47 Å². The molecule has 0 aliphatic heterocycles. The average molecular weight is 296 g/mol. The second kappa shape index (κ2) is 11.1. The third-order valence-corrected chi connectivity index (χ3v) is 2.98. The van der Waals surface area contributed by atoms with Gasteiger partial charge in [-0.3, -0.25) is 0 Å². The van der Waals surface area contributed by atoms with E-state index < -0.39 is 11.9 Å². The zero-order chi connectivity index (χ0) is 16.3. The zero-order valence-electron chi connectivity index (χ0n) is 13.8. The van der Waals surface area contributed by atoms with E-state index in [2.05, 4.69) is 13.5 Å². The minimum absolute atomic E-state index is 0.316. The van der Waals surface area contributed by atoms with E-state index in [0.717, 1.165) is 32.1 Å². The number of esters is 2. The molecule has 0 rings (SSSR count). The van der Waals surface area contributed by atoms with Crippen LogP contribution in [0.2, 0.25) is 0 Å². The van der Waals surface area contributed by atoms with E-state index in [1.807, 2.05) is 6.92 Å². The smallest absolute Gasteiger partial charge is 0.338 e. The van der Waals surface area contributed by atoms with Crippen molar-refractivity contribution in [1.29, 1.82) is 0 Å². The fourth-order valence-corrected chi connectivity index (χ4v) is 1.64. The van der Waals surface area contributed by atoms with Gasteiger partial charge in [0.2, 0.25) is 0 Å². The molecule has 0 aromatic carbocycles. The number of allylic oxidation sites excluding steroid dienone is 1. The monoisotopic (exact) mass is 296 g/mol. The van der Waals surface area contributed by atoms with E-state index >= 15 is 0 Å². The number of ether oxygens (including phenoxy) is 2. The Balaban J connectivity index is 4.85. The first-order valence-electron chi connectivity index (χ1n) is 7.68. The molecule has 0 radical (unpaired) electrons. The third-order valence-electron chi connectivity index (χ3n) is 2.98. The maximum absolute atomic E-state index is 11.9. The number of hydrogen-bond donors (Lipinski definition) is 0. The van der Waals surface area contributed by atoms with E-state index in [1.165, 1.54) is 0 Å². The molecule has 0 aromatic heterocycles. The van der Waals surface area contributed by atoms with Crippen molar-refractivity contribution in [3.63, 3.8) is 0 Å². The summed E-state index contributed by atoms with van der Waals surface area (Å²) in [5.74, 6) is -0.514. The van der Waals surface area contributed by atoms with Gasteiger partial charge in [0, 0.05) is 12.0 Å². The number of unbranched alkanes of at least 4 members (excludes halogenated alkanes) is 3. The van der Waals surface area contributed by atoms with E-state index in [-0.39, 0.29) is 0 Å².